The van der Waals surface area contributed by atoms with Crippen molar-refractivity contribution in [2.75, 3.05) is 11.9 Å². The van der Waals surface area contributed by atoms with Crippen LogP contribution in [0.4, 0.5) is 5.69 Å². The van der Waals surface area contributed by atoms with Gasteiger partial charge in [-0.25, -0.2) is 4.90 Å². The van der Waals surface area contributed by atoms with Gasteiger partial charge in [-0.05, 0) is 29.3 Å². The Morgan fingerprint density at radius 2 is 1.48 bits per heavy atom. The van der Waals surface area contributed by atoms with Gasteiger partial charge in [-0.2, -0.15) is 0 Å². The van der Waals surface area contributed by atoms with E-state index < -0.39 is 0 Å². The molecule has 4 nitrogen and oxygen atoms in total. The van der Waals surface area contributed by atoms with Crippen molar-refractivity contribution in [1.29, 1.82) is 0 Å². The Kier molecular flexibility index (Phi) is 5.32. The van der Waals surface area contributed by atoms with Crippen LogP contribution in [0.15, 0.2) is 95.1 Å². The predicted octanol–water partition coefficient (Wildman–Crippen LogP) is 4.87. The van der Waals surface area contributed by atoms with Crippen molar-refractivity contribution in [3.8, 4) is 0 Å². The lowest BCUT2D eigenvalue weighted by Gasteiger charge is -2.21. The van der Waals surface area contributed by atoms with Gasteiger partial charge in [-0.3, -0.25) is 9.59 Å². The fourth-order valence-corrected chi connectivity index (χ4v) is 3.91. The summed E-state index contributed by atoms with van der Waals surface area (Å²) in [4.78, 5) is 29.9. The minimum atomic E-state index is -0.314. The van der Waals surface area contributed by atoms with Crippen LogP contribution in [0.25, 0.3) is 5.57 Å². The zero-order valence-corrected chi connectivity index (χ0v) is 17.5. The van der Waals surface area contributed by atoms with E-state index in [1.165, 1.54) is 4.90 Å². The smallest absolute Gasteiger partial charge is 0.282 e. The third-order valence-electron chi connectivity index (χ3n) is 4.83. The molecule has 0 fully saturated rings. The van der Waals surface area contributed by atoms with Crippen LogP contribution in [0.5, 0.6) is 0 Å². The quantitative estimate of drug-likeness (QED) is 0.525. The maximum absolute atomic E-state index is 13.4. The first-order valence-corrected chi connectivity index (χ1v) is 10.0. The molecule has 29 heavy (non-hydrogen) atoms. The monoisotopic (exact) mass is 446 g/mol. The molecule has 0 saturated heterocycles. The van der Waals surface area contributed by atoms with Crippen LogP contribution in [-0.4, -0.2) is 23.8 Å². The molecule has 0 N–H and O–H groups in total. The average Bonchev–Trinajstić information content (AvgIpc) is 2.99. The van der Waals surface area contributed by atoms with Crippen molar-refractivity contribution in [1.82, 2.24) is 4.90 Å². The number of halogens is 1. The molecule has 4 rings (SSSR count). The minimum Gasteiger partial charge on any atom is -0.365 e. The molecule has 3 aromatic rings. The first-order valence-electron chi connectivity index (χ1n) is 9.25. The van der Waals surface area contributed by atoms with Gasteiger partial charge < -0.3 is 4.90 Å². The molecule has 1 aliphatic heterocycles. The van der Waals surface area contributed by atoms with Gasteiger partial charge in [0.25, 0.3) is 11.8 Å². The molecule has 0 spiro atoms. The van der Waals surface area contributed by atoms with Crippen molar-refractivity contribution < 1.29 is 9.59 Å². The molecule has 1 heterocycles. The Balaban J connectivity index is 1.79. The fraction of sp³-hybridized carbons (Fsp3) is 0.0833. The average molecular weight is 447 g/mol. The van der Waals surface area contributed by atoms with Crippen LogP contribution < -0.4 is 4.90 Å². The number of carbonyl (C=O) groups is 2. The van der Waals surface area contributed by atoms with Crippen LogP contribution >= 0.6 is 15.9 Å². The molecule has 3 aromatic carbocycles. The topological polar surface area (TPSA) is 40.6 Å². The first kappa shape index (κ1) is 19.2. The Morgan fingerprint density at radius 3 is 2.14 bits per heavy atom. The molecule has 2 amide bonds. The number of imide groups is 1. The van der Waals surface area contributed by atoms with Gasteiger partial charge in [0, 0.05) is 18.1 Å². The Bertz CT molecular complexity index is 1090. The summed E-state index contributed by atoms with van der Waals surface area (Å²) in [6, 6.07) is 26.5. The number of likely N-dealkylation sites (N-methyl/N-ethyl adjacent to an activating group) is 1. The third kappa shape index (κ3) is 3.74. The van der Waals surface area contributed by atoms with Crippen LogP contribution in [-0.2, 0) is 16.1 Å². The van der Waals surface area contributed by atoms with Crippen molar-refractivity contribution in [2.24, 2.45) is 0 Å². The van der Waals surface area contributed by atoms with Crippen LogP contribution in [0, 0.1) is 0 Å². The van der Waals surface area contributed by atoms with Gasteiger partial charge in [-0.15, -0.1) is 0 Å². The van der Waals surface area contributed by atoms with Gasteiger partial charge in [-0.1, -0.05) is 82.7 Å². The minimum absolute atomic E-state index is 0.311. The third-order valence-corrected chi connectivity index (χ3v) is 5.33. The summed E-state index contributed by atoms with van der Waals surface area (Å²) in [7, 11) is 1.85. The van der Waals surface area contributed by atoms with Crippen LogP contribution in [0.1, 0.15) is 11.1 Å². The molecule has 0 atom stereocenters. The highest BCUT2D eigenvalue weighted by Crippen LogP contribution is 2.35. The number of benzene rings is 3. The molecule has 144 valence electrons. The molecule has 0 bridgehead atoms. The molecule has 0 unspecified atom stereocenters. The summed E-state index contributed by atoms with van der Waals surface area (Å²) >= 11 is 3.42. The lowest BCUT2D eigenvalue weighted by atomic mass is 10.0. The summed E-state index contributed by atoms with van der Waals surface area (Å²) in [5, 5.41) is 0. The normalized spacial score (nSPS) is 13.9. The number of hydrogen-bond donors (Lipinski definition) is 0. The summed E-state index contributed by atoms with van der Waals surface area (Å²) < 4.78 is 0.808. The summed E-state index contributed by atoms with van der Waals surface area (Å²) in [6.45, 7) is 0.526. The second kappa shape index (κ2) is 8.05. The number of rotatable bonds is 5. The summed E-state index contributed by atoms with van der Waals surface area (Å²) in [5.74, 6) is -0.625. The van der Waals surface area contributed by atoms with Crippen LogP contribution in [0.3, 0.4) is 0 Å². The maximum atomic E-state index is 13.4. The summed E-state index contributed by atoms with van der Waals surface area (Å²) in [6.07, 6.45) is 0. The lowest BCUT2D eigenvalue weighted by molar-refractivity contribution is -0.120. The maximum Gasteiger partial charge on any atom is 0.282 e. The standard InChI is InChI=1S/C24H19BrN2O2/c1-26(16-17-9-4-2-5-10-17)22-21(18-11-6-3-7-12-18)23(28)27(24(22)29)20-14-8-13-19(25)15-20/h2-15H,16H2,1H3. The molecular formula is C24H19BrN2O2. The van der Waals surface area contributed by atoms with E-state index in [9.17, 15) is 9.59 Å². The van der Waals surface area contributed by atoms with E-state index in [1.807, 2.05) is 84.7 Å². The number of hydrogen-bond acceptors (Lipinski definition) is 3. The number of anilines is 1. The van der Waals surface area contributed by atoms with E-state index >= 15 is 0 Å². The predicted molar refractivity (Wildman–Crippen MR) is 118 cm³/mol. The SMILES string of the molecule is CN(Cc1ccccc1)C1=C(c2ccccc2)C(=O)N(c2cccc(Br)c2)C1=O. The zero-order chi connectivity index (χ0) is 20.4. The second-order valence-corrected chi connectivity index (χ2v) is 7.77. The molecule has 1 aliphatic rings. The van der Waals surface area contributed by atoms with Gasteiger partial charge >= 0.3 is 0 Å². The highest BCUT2D eigenvalue weighted by atomic mass is 79.9. The Hall–Kier alpha value is -3.18. The van der Waals surface area contributed by atoms with Gasteiger partial charge in [0.15, 0.2) is 0 Å². The fourth-order valence-electron chi connectivity index (χ4n) is 3.52. The van der Waals surface area contributed by atoms with Crippen LogP contribution in [0.2, 0.25) is 0 Å². The van der Waals surface area contributed by atoms with Crippen molar-refractivity contribution in [3.05, 3.63) is 106 Å². The molecule has 0 aromatic heterocycles. The van der Waals surface area contributed by atoms with Gasteiger partial charge in [0.2, 0.25) is 0 Å². The van der Waals surface area contributed by atoms with E-state index in [1.54, 1.807) is 12.1 Å². The lowest BCUT2D eigenvalue weighted by Crippen LogP contribution is -2.34. The molecular weight excluding hydrogens is 428 g/mol. The van der Waals surface area contributed by atoms with Crippen molar-refractivity contribution in [3.63, 3.8) is 0 Å². The number of amides is 2. The van der Waals surface area contributed by atoms with Gasteiger partial charge in [0.05, 0.1) is 11.3 Å². The Labute approximate surface area is 178 Å². The van der Waals surface area contributed by atoms with E-state index in [-0.39, 0.29) is 11.8 Å². The number of carbonyl (C=O) groups excluding carboxylic acids is 2. The molecule has 0 saturated carbocycles. The first-order chi connectivity index (χ1) is 14.1. The molecule has 0 aliphatic carbocycles. The zero-order valence-electron chi connectivity index (χ0n) is 15.9. The Morgan fingerprint density at radius 1 is 0.828 bits per heavy atom. The largest absolute Gasteiger partial charge is 0.365 e. The highest BCUT2D eigenvalue weighted by Gasteiger charge is 2.41. The van der Waals surface area contributed by atoms with Crippen molar-refractivity contribution in [2.45, 2.75) is 6.54 Å². The van der Waals surface area contributed by atoms with E-state index in [4.69, 9.17) is 0 Å². The molecule has 5 heteroatoms. The summed E-state index contributed by atoms with van der Waals surface area (Å²) in [5.41, 5.74) is 3.18. The van der Waals surface area contributed by atoms with Gasteiger partial charge in [0.1, 0.15) is 5.70 Å². The van der Waals surface area contributed by atoms with E-state index in [0.717, 1.165) is 15.6 Å². The van der Waals surface area contributed by atoms with Crippen molar-refractivity contribution >= 4 is 39.0 Å². The van der Waals surface area contributed by atoms with E-state index in [2.05, 4.69) is 15.9 Å². The highest BCUT2D eigenvalue weighted by molar-refractivity contribution is 9.10. The number of nitrogens with zero attached hydrogens (tertiary/aromatic N) is 2. The molecule has 0 radical (unpaired) electrons. The second-order valence-electron chi connectivity index (χ2n) is 6.86. The van der Waals surface area contributed by atoms with E-state index in [0.29, 0.717) is 23.5 Å².